The van der Waals surface area contributed by atoms with Crippen molar-refractivity contribution in [2.75, 3.05) is 16.1 Å². The van der Waals surface area contributed by atoms with Crippen LogP contribution in [0.4, 0.5) is 10.8 Å². The van der Waals surface area contributed by atoms with E-state index >= 15 is 0 Å². The van der Waals surface area contributed by atoms with Gasteiger partial charge in [0.15, 0.2) is 5.13 Å². The van der Waals surface area contributed by atoms with Crippen LogP contribution in [0, 0.1) is 0 Å². The van der Waals surface area contributed by atoms with E-state index in [4.69, 9.17) is 11.6 Å². The van der Waals surface area contributed by atoms with Gasteiger partial charge >= 0.3 is 0 Å². The minimum Gasteiger partial charge on any atom is -0.343 e. The third kappa shape index (κ3) is 4.92. The van der Waals surface area contributed by atoms with Crippen LogP contribution in [-0.4, -0.2) is 28.9 Å². The van der Waals surface area contributed by atoms with Crippen molar-refractivity contribution >= 4 is 49.7 Å². The lowest BCUT2D eigenvalue weighted by molar-refractivity contribution is -0.116. The SMILES string of the molecule is CC(C)N(c1nc(=O)c2cc(NC(=O)CCCCl)ccc2s1)C(C)C. The Morgan fingerprint density at radius 2 is 1.96 bits per heavy atom. The Bertz CT molecular complexity index is 796. The van der Waals surface area contributed by atoms with Crippen molar-refractivity contribution in [3.63, 3.8) is 0 Å². The van der Waals surface area contributed by atoms with Crippen molar-refractivity contribution in [2.24, 2.45) is 0 Å². The molecule has 0 aliphatic rings. The van der Waals surface area contributed by atoms with Crippen LogP contribution < -0.4 is 15.8 Å². The monoisotopic (exact) mass is 381 g/mol. The molecule has 0 saturated carbocycles. The predicted molar refractivity (Wildman–Crippen MR) is 107 cm³/mol. The van der Waals surface area contributed by atoms with E-state index in [9.17, 15) is 9.59 Å². The molecule has 0 bridgehead atoms. The van der Waals surface area contributed by atoms with E-state index in [0.29, 0.717) is 29.8 Å². The Morgan fingerprint density at radius 3 is 2.56 bits per heavy atom. The number of benzene rings is 1. The van der Waals surface area contributed by atoms with E-state index in [1.807, 2.05) is 12.1 Å². The van der Waals surface area contributed by atoms with Gasteiger partial charge in [0.05, 0.1) is 5.39 Å². The molecule has 0 fully saturated rings. The van der Waals surface area contributed by atoms with Crippen LogP contribution in [0.3, 0.4) is 0 Å². The van der Waals surface area contributed by atoms with Crippen LogP contribution in [0.1, 0.15) is 40.5 Å². The molecule has 0 aliphatic carbocycles. The van der Waals surface area contributed by atoms with Crippen molar-refractivity contribution in [3.8, 4) is 0 Å². The number of hydrogen-bond acceptors (Lipinski definition) is 5. The Morgan fingerprint density at radius 1 is 1.28 bits per heavy atom. The van der Waals surface area contributed by atoms with Crippen molar-refractivity contribution in [1.29, 1.82) is 0 Å². The quantitative estimate of drug-likeness (QED) is 0.728. The number of carbonyl (C=O) groups excluding carboxylic acids is 1. The molecule has 25 heavy (non-hydrogen) atoms. The number of hydrogen-bond donors (Lipinski definition) is 1. The van der Waals surface area contributed by atoms with Gasteiger partial charge in [-0.1, -0.05) is 11.3 Å². The number of aromatic nitrogens is 1. The molecule has 0 radical (unpaired) electrons. The summed E-state index contributed by atoms with van der Waals surface area (Å²) >= 11 is 7.09. The number of alkyl halides is 1. The summed E-state index contributed by atoms with van der Waals surface area (Å²) in [6.45, 7) is 8.34. The molecule has 1 amide bonds. The first kappa shape index (κ1) is 19.7. The van der Waals surface area contributed by atoms with E-state index in [-0.39, 0.29) is 23.6 Å². The zero-order valence-corrected chi connectivity index (χ0v) is 16.6. The summed E-state index contributed by atoms with van der Waals surface area (Å²) in [6.07, 6.45) is 0.990. The number of amides is 1. The zero-order chi connectivity index (χ0) is 18.6. The molecule has 136 valence electrons. The third-order valence-corrected chi connectivity index (χ3v) is 5.09. The number of nitrogens with zero attached hydrogens (tertiary/aromatic N) is 2. The molecule has 0 aliphatic heterocycles. The van der Waals surface area contributed by atoms with Gasteiger partial charge < -0.3 is 10.2 Å². The second-order valence-electron chi connectivity index (χ2n) is 6.45. The van der Waals surface area contributed by atoms with Crippen molar-refractivity contribution in [3.05, 3.63) is 28.6 Å². The van der Waals surface area contributed by atoms with Crippen LogP contribution in [0.2, 0.25) is 0 Å². The maximum absolute atomic E-state index is 12.5. The fraction of sp³-hybridized carbons (Fsp3) is 0.500. The van der Waals surface area contributed by atoms with E-state index in [1.54, 1.807) is 6.07 Å². The van der Waals surface area contributed by atoms with E-state index in [0.717, 1.165) is 9.83 Å². The zero-order valence-electron chi connectivity index (χ0n) is 15.0. The van der Waals surface area contributed by atoms with E-state index in [1.165, 1.54) is 11.3 Å². The summed E-state index contributed by atoms with van der Waals surface area (Å²) in [5, 5.41) is 4.05. The van der Waals surface area contributed by atoms with Crippen LogP contribution in [0.25, 0.3) is 10.1 Å². The molecule has 7 heteroatoms. The lowest BCUT2D eigenvalue weighted by Crippen LogP contribution is -2.38. The van der Waals surface area contributed by atoms with Crippen molar-refractivity contribution < 1.29 is 4.79 Å². The van der Waals surface area contributed by atoms with Crippen LogP contribution in [0.5, 0.6) is 0 Å². The number of rotatable bonds is 7. The summed E-state index contributed by atoms with van der Waals surface area (Å²) in [5.41, 5.74) is 0.336. The number of nitrogens with one attached hydrogen (secondary N) is 1. The highest BCUT2D eigenvalue weighted by Gasteiger charge is 2.18. The highest BCUT2D eigenvalue weighted by atomic mass is 35.5. The Balaban J connectivity index is 2.35. The summed E-state index contributed by atoms with van der Waals surface area (Å²) in [4.78, 5) is 30.7. The first-order valence-corrected chi connectivity index (χ1v) is 9.77. The molecule has 1 N–H and O–H groups in total. The minimum absolute atomic E-state index is 0.105. The molecule has 1 aromatic carbocycles. The molecule has 1 heterocycles. The van der Waals surface area contributed by atoms with Gasteiger partial charge in [0.2, 0.25) is 5.91 Å². The molecule has 1 aromatic heterocycles. The largest absolute Gasteiger partial charge is 0.343 e. The Labute approximate surface area is 157 Å². The van der Waals surface area contributed by atoms with E-state index < -0.39 is 0 Å². The molecular weight excluding hydrogens is 358 g/mol. The fourth-order valence-electron chi connectivity index (χ4n) is 2.73. The molecule has 2 aromatic rings. The lowest BCUT2D eigenvalue weighted by Gasteiger charge is -2.31. The maximum atomic E-state index is 12.5. The average molecular weight is 382 g/mol. The smallest absolute Gasteiger partial charge is 0.281 e. The number of fused-ring (bicyclic) bond motifs is 1. The van der Waals surface area contributed by atoms with Gasteiger partial charge in [0.25, 0.3) is 5.56 Å². The number of carbonyl (C=O) groups is 1. The van der Waals surface area contributed by atoms with Gasteiger partial charge in [-0.15, -0.1) is 11.6 Å². The number of halogens is 1. The third-order valence-electron chi connectivity index (χ3n) is 3.76. The van der Waals surface area contributed by atoms with Crippen molar-refractivity contribution in [2.45, 2.75) is 52.6 Å². The van der Waals surface area contributed by atoms with Gasteiger partial charge in [0, 0.05) is 34.8 Å². The van der Waals surface area contributed by atoms with Crippen molar-refractivity contribution in [1.82, 2.24) is 4.98 Å². The molecule has 0 unspecified atom stereocenters. The Kier molecular flexibility index (Phi) is 6.79. The summed E-state index contributed by atoms with van der Waals surface area (Å²) in [5.74, 6) is 0.346. The topological polar surface area (TPSA) is 62.3 Å². The Hall–Kier alpha value is -1.66. The molecule has 5 nitrogen and oxygen atoms in total. The van der Waals surface area contributed by atoms with Crippen LogP contribution in [0.15, 0.2) is 23.0 Å². The fourth-order valence-corrected chi connectivity index (χ4v) is 4.11. The van der Waals surface area contributed by atoms with Gasteiger partial charge in [0.1, 0.15) is 0 Å². The van der Waals surface area contributed by atoms with Gasteiger partial charge in [-0.3, -0.25) is 9.59 Å². The standard InChI is InChI=1S/C18H24ClN3O2S/c1-11(2)22(12(3)4)18-21-17(24)14-10-13(7-8-15(14)25-18)20-16(23)6-5-9-19/h7-8,10-12H,5-6,9H2,1-4H3,(H,20,23). The first-order valence-electron chi connectivity index (χ1n) is 8.42. The summed E-state index contributed by atoms with van der Waals surface area (Å²) in [6, 6.07) is 5.87. The molecule has 0 atom stereocenters. The van der Waals surface area contributed by atoms with Crippen LogP contribution >= 0.6 is 22.9 Å². The number of anilines is 2. The summed E-state index contributed by atoms with van der Waals surface area (Å²) < 4.78 is 0.861. The van der Waals surface area contributed by atoms with Gasteiger partial charge in [-0.05, 0) is 52.3 Å². The molecular formula is C18H24ClN3O2S. The first-order chi connectivity index (χ1) is 11.8. The lowest BCUT2D eigenvalue weighted by atomic mass is 10.2. The van der Waals surface area contributed by atoms with Gasteiger partial charge in [-0.25, -0.2) is 0 Å². The predicted octanol–water partition coefficient (Wildman–Crippen LogP) is 4.24. The van der Waals surface area contributed by atoms with Gasteiger partial charge in [-0.2, -0.15) is 4.98 Å². The maximum Gasteiger partial charge on any atom is 0.281 e. The second kappa shape index (κ2) is 8.63. The molecule has 0 spiro atoms. The molecule has 2 rings (SSSR count). The highest BCUT2D eigenvalue weighted by Crippen LogP contribution is 2.28. The normalized spacial score (nSPS) is 11.3. The minimum atomic E-state index is -0.271. The summed E-state index contributed by atoms with van der Waals surface area (Å²) in [7, 11) is 0. The molecule has 0 saturated heterocycles. The second-order valence-corrected chi connectivity index (χ2v) is 7.84. The average Bonchev–Trinajstić information content (AvgIpc) is 2.53. The van der Waals surface area contributed by atoms with Crippen LogP contribution in [-0.2, 0) is 4.79 Å². The highest BCUT2D eigenvalue weighted by molar-refractivity contribution is 7.21. The van der Waals surface area contributed by atoms with E-state index in [2.05, 4.69) is 42.9 Å².